The van der Waals surface area contributed by atoms with Gasteiger partial charge in [0, 0.05) is 17.9 Å². The van der Waals surface area contributed by atoms with Gasteiger partial charge in [-0.3, -0.25) is 19.2 Å². The third-order valence-electron chi connectivity index (χ3n) is 9.88. The number of carbonyl (C=O) groups is 7. The fourth-order valence-corrected chi connectivity index (χ4v) is 6.78. The number of carboxylic acids is 2. The van der Waals surface area contributed by atoms with Gasteiger partial charge in [-0.25, -0.2) is 19.3 Å². The number of benzene rings is 4. The standard InChI is InChI=1S/C43H46N6O9/c1-26(2)23-34(38(53)45-33(24-35(50)51)37(52)47-36(39(54)55)29-14-7-5-8-15-29)49-40(56)43(4,30-16-9-6-10-17-30)48(42(49)58)25-28-19-21-31(22-20-28)44-41(57)46-32-18-12-11-13-27(32)3/h5-22,26,33-34,36H,23-25H2,1-4H3,(H,45,53)(H,47,52)(H,50,51)(H,54,55)(H2,44,46,57). The zero-order chi connectivity index (χ0) is 42.1. The Morgan fingerprint density at radius 2 is 1.34 bits per heavy atom. The molecule has 0 saturated carbocycles. The van der Waals surface area contributed by atoms with E-state index >= 15 is 0 Å². The van der Waals surface area contributed by atoms with Crippen LogP contribution in [0, 0.1) is 12.8 Å². The monoisotopic (exact) mass is 790 g/mol. The van der Waals surface area contributed by atoms with E-state index in [1.54, 1.807) is 99.6 Å². The molecular weight excluding hydrogens is 745 g/mol. The normalized spacial score (nSPS) is 16.6. The number of rotatable bonds is 16. The number of nitrogens with one attached hydrogen (secondary N) is 4. The highest BCUT2D eigenvalue weighted by molar-refractivity contribution is 6.10. The second kappa shape index (κ2) is 18.3. The molecule has 1 aliphatic heterocycles. The molecule has 4 unspecified atom stereocenters. The van der Waals surface area contributed by atoms with Crippen molar-refractivity contribution in [3.63, 3.8) is 0 Å². The van der Waals surface area contributed by atoms with Gasteiger partial charge in [-0.2, -0.15) is 0 Å². The molecule has 4 aromatic rings. The molecule has 0 radical (unpaired) electrons. The summed E-state index contributed by atoms with van der Waals surface area (Å²) >= 11 is 0. The average Bonchev–Trinajstić information content (AvgIpc) is 3.37. The summed E-state index contributed by atoms with van der Waals surface area (Å²) in [4.78, 5) is 95.9. The van der Waals surface area contributed by atoms with Crippen molar-refractivity contribution >= 4 is 53.1 Å². The van der Waals surface area contributed by atoms with Crippen molar-refractivity contribution in [2.45, 2.75) is 70.7 Å². The molecule has 0 aliphatic carbocycles. The molecule has 302 valence electrons. The maximum absolute atomic E-state index is 14.7. The summed E-state index contributed by atoms with van der Waals surface area (Å²) < 4.78 is 0. The second-order valence-electron chi connectivity index (χ2n) is 14.6. The zero-order valence-corrected chi connectivity index (χ0v) is 32.5. The topological polar surface area (TPSA) is 215 Å². The number of carboxylic acid groups (broad SMARTS) is 2. The van der Waals surface area contributed by atoms with Gasteiger partial charge in [0.15, 0.2) is 6.04 Å². The van der Waals surface area contributed by atoms with Crippen LogP contribution in [0.4, 0.5) is 21.0 Å². The summed E-state index contributed by atoms with van der Waals surface area (Å²) in [5, 5.41) is 29.9. The lowest BCUT2D eigenvalue weighted by molar-refractivity contribution is -0.145. The number of hydrogen-bond acceptors (Lipinski definition) is 7. The highest BCUT2D eigenvalue weighted by Gasteiger charge is 2.58. The summed E-state index contributed by atoms with van der Waals surface area (Å²) in [5.74, 6) is -5.92. The molecule has 4 atom stereocenters. The van der Waals surface area contributed by atoms with Crippen LogP contribution >= 0.6 is 0 Å². The van der Waals surface area contributed by atoms with E-state index in [0.717, 1.165) is 10.5 Å². The van der Waals surface area contributed by atoms with E-state index in [9.17, 15) is 43.8 Å². The Hall–Kier alpha value is -7.03. The largest absolute Gasteiger partial charge is 0.481 e. The van der Waals surface area contributed by atoms with E-state index in [1.807, 2.05) is 25.1 Å². The number of carbonyl (C=O) groups excluding carboxylic acids is 5. The molecule has 1 fully saturated rings. The smallest absolute Gasteiger partial charge is 0.330 e. The third kappa shape index (κ3) is 9.67. The Kier molecular flexibility index (Phi) is 13.3. The van der Waals surface area contributed by atoms with Gasteiger partial charge in [0.2, 0.25) is 11.8 Å². The molecule has 5 rings (SSSR count). The van der Waals surface area contributed by atoms with Crippen LogP contribution in [0.1, 0.15) is 61.9 Å². The van der Waals surface area contributed by atoms with E-state index in [0.29, 0.717) is 22.5 Å². The zero-order valence-electron chi connectivity index (χ0n) is 32.5. The third-order valence-corrected chi connectivity index (χ3v) is 9.88. The first-order valence-electron chi connectivity index (χ1n) is 18.6. The van der Waals surface area contributed by atoms with E-state index in [1.165, 1.54) is 17.0 Å². The molecule has 15 heteroatoms. The Morgan fingerprint density at radius 3 is 1.93 bits per heavy atom. The van der Waals surface area contributed by atoms with Gasteiger partial charge < -0.3 is 36.4 Å². The molecule has 0 spiro atoms. The molecule has 1 saturated heterocycles. The van der Waals surface area contributed by atoms with Gasteiger partial charge in [-0.15, -0.1) is 0 Å². The first kappa shape index (κ1) is 42.1. The van der Waals surface area contributed by atoms with Crippen LogP contribution in [-0.2, 0) is 36.1 Å². The quantitative estimate of drug-likeness (QED) is 0.0775. The number of aryl methyl sites for hydroxylation is 1. The van der Waals surface area contributed by atoms with E-state index in [2.05, 4.69) is 21.3 Å². The van der Waals surface area contributed by atoms with Gasteiger partial charge in [0.05, 0.1) is 6.42 Å². The summed E-state index contributed by atoms with van der Waals surface area (Å²) in [6.45, 7) is 6.91. The van der Waals surface area contributed by atoms with E-state index in [4.69, 9.17) is 0 Å². The summed E-state index contributed by atoms with van der Waals surface area (Å²) in [6.07, 6.45) is -0.961. The van der Waals surface area contributed by atoms with Crippen molar-refractivity contribution in [1.82, 2.24) is 20.4 Å². The Labute approximate surface area is 335 Å². The number of imide groups is 1. The maximum atomic E-state index is 14.7. The minimum Gasteiger partial charge on any atom is -0.481 e. The van der Waals surface area contributed by atoms with Gasteiger partial charge >= 0.3 is 24.0 Å². The van der Waals surface area contributed by atoms with Crippen LogP contribution in [0.2, 0.25) is 0 Å². The molecule has 15 nitrogen and oxygen atoms in total. The molecule has 6 N–H and O–H groups in total. The van der Waals surface area contributed by atoms with Crippen molar-refractivity contribution in [2.24, 2.45) is 5.92 Å². The first-order chi connectivity index (χ1) is 27.6. The highest BCUT2D eigenvalue weighted by Crippen LogP contribution is 2.40. The minimum atomic E-state index is -1.76. The fourth-order valence-electron chi connectivity index (χ4n) is 6.78. The van der Waals surface area contributed by atoms with Gasteiger partial charge in [-0.1, -0.05) is 105 Å². The molecule has 1 aliphatic rings. The minimum absolute atomic E-state index is 0.0455. The predicted molar refractivity (Wildman–Crippen MR) is 214 cm³/mol. The summed E-state index contributed by atoms with van der Waals surface area (Å²) in [7, 11) is 0. The van der Waals surface area contributed by atoms with Crippen LogP contribution < -0.4 is 21.3 Å². The number of hydrogen-bond donors (Lipinski definition) is 6. The molecule has 58 heavy (non-hydrogen) atoms. The molecule has 4 aromatic carbocycles. The molecule has 1 heterocycles. The Bertz CT molecular complexity index is 2160. The highest BCUT2D eigenvalue weighted by atomic mass is 16.4. The summed E-state index contributed by atoms with van der Waals surface area (Å²) in [6, 6.07) is 24.3. The van der Waals surface area contributed by atoms with E-state index < -0.39 is 71.8 Å². The van der Waals surface area contributed by atoms with Crippen LogP contribution in [0.15, 0.2) is 109 Å². The number of aliphatic carboxylic acids is 2. The van der Waals surface area contributed by atoms with Crippen molar-refractivity contribution in [3.05, 3.63) is 131 Å². The van der Waals surface area contributed by atoms with Crippen molar-refractivity contribution in [3.8, 4) is 0 Å². The molecule has 0 aromatic heterocycles. The van der Waals surface area contributed by atoms with Crippen LogP contribution in [-0.4, -0.2) is 73.8 Å². The SMILES string of the molecule is Cc1ccccc1NC(=O)Nc1ccc(CN2C(=O)N(C(CC(C)C)C(=O)NC(CC(=O)O)C(=O)NC(C(=O)O)c3ccccc3)C(=O)C2(C)c2ccccc2)cc1. The van der Waals surface area contributed by atoms with Crippen molar-refractivity contribution in [1.29, 1.82) is 0 Å². The lowest BCUT2D eigenvalue weighted by atomic mass is 9.89. The molecule has 7 amide bonds. The Morgan fingerprint density at radius 1 is 0.741 bits per heavy atom. The lowest BCUT2D eigenvalue weighted by Gasteiger charge is -2.32. The van der Waals surface area contributed by atoms with Gasteiger partial charge in [0.1, 0.15) is 17.6 Å². The second-order valence-corrected chi connectivity index (χ2v) is 14.6. The number of para-hydroxylation sites is 1. The van der Waals surface area contributed by atoms with Crippen molar-refractivity contribution < 1.29 is 43.8 Å². The van der Waals surface area contributed by atoms with Crippen LogP contribution in [0.5, 0.6) is 0 Å². The number of anilines is 2. The summed E-state index contributed by atoms with van der Waals surface area (Å²) in [5.41, 5.74) is 1.68. The average molecular weight is 791 g/mol. The van der Waals surface area contributed by atoms with E-state index in [-0.39, 0.29) is 24.4 Å². The van der Waals surface area contributed by atoms with Crippen LogP contribution in [0.25, 0.3) is 0 Å². The number of amides is 7. The predicted octanol–water partition coefficient (Wildman–Crippen LogP) is 5.63. The number of nitrogens with zero attached hydrogens (tertiary/aromatic N) is 2. The Balaban J connectivity index is 1.41. The first-order valence-corrected chi connectivity index (χ1v) is 18.6. The van der Waals surface area contributed by atoms with Crippen molar-refractivity contribution in [2.75, 3.05) is 10.6 Å². The maximum Gasteiger partial charge on any atom is 0.330 e. The van der Waals surface area contributed by atoms with Crippen LogP contribution in [0.3, 0.4) is 0 Å². The number of urea groups is 2. The van der Waals surface area contributed by atoms with Gasteiger partial charge in [-0.05, 0) is 66.6 Å². The lowest BCUT2D eigenvalue weighted by Crippen LogP contribution is -2.56. The molecular formula is C43H46N6O9. The fraction of sp³-hybridized carbons (Fsp3) is 0.279. The molecule has 0 bridgehead atoms. The van der Waals surface area contributed by atoms with Gasteiger partial charge in [0.25, 0.3) is 5.91 Å².